The van der Waals surface area contributed by atoms with E-state index < -0.39 is 30.4 Å². The van der Waals surface area contributed by atoms with Gasteiger partial charge in [-0.15, -0.1) is 13.2 Å². The molecule has 0 unspecified atom stereocenters. The lowest BCUT2D eigenvalue weighted by Crippen LogP contribution is -2.17. The molecule has 0 saturated heterocycles. The Kier molecular flexibility index (Phi) is 4.43. The average Bonchev–Trinajstić information content (AvgIpc) is 2.39. The number of benzene rings is 1. The van der Waals surface area contributed by atoms with Crippen LogP contribution in [0.1, 0.15) is 0 Å². The summed E-state index contributed by atoms with van der Waals surface area (Å²) in [5.41, 5.74) is -0.678. The molecular weight excluding hydrogens is 316 g/mol. The number of para-hydroxylation sites is 1. The van der Waals surface area contributed by atoms with Crippen molar-refractivity contribution in [3.8, 4) is 22.8 Å². The first-order chi connectivity index (χ1) is 10.3. The second kappa shape index (κ2) is 6.12. The number of alkyl halides is 5. The topological polar surface area (TPSA) is 31.4 Å². The maximum atomic E-state index is 13.3. The molecule has 0 spiro atoms. The standard InChI is InChI=1S/C13H7F6NO2/c14-7-5-9(11(20-6-7)21-12(15)16)8-3-1-2-4-10(8)22-13(17,18)19/h1-6,12H. The van der Waals surface area contributed by atoms with E-state index >= 15 is 0 Å². The Labute approximate surface area is 120 Å². The quantitative estimate of drug-likeness (QED) is 0.782. The van der Waals surface area contributed by atoms with Gasteiger partial charge < -0.3 is 9.47 Å². The molecule has 1 aromatic carbocycles. The Morgan fingerprint density at radius 1 is 1.05 bits per heavy atom. The number of rotatable bonds is 4. The van der Waals surface area contributed by atoms with Crippen molar-refractivity contribution in [3.63, 3.8) is 0 Å². The molecule has 0 atom stereocenters. The maximum Gasteiger partial charge on any atom is 0.573 e. The number of nitrogens with zero attached hydrogens (tertiary/aromatic N) is 1. The molecule has 1 heterocycles. The number of halogens is 6. The lowest BCUT2D eigenvalue weighted by Gasteiger charge is -2.15. The molecule has 0 fully saturated rings. The van der Waals surface area contributed by atoms with Crippen LogP contribution in [0.25, 0.3) is 11.1 Å². The second-order valence-electron chi connectivity index (χ2n) is 3.93. The smallest absolute Gasteiger partial charge is 0.416 e. The molecule has 118 valence electrons. The van der Waals surface area contributed by atoms with Crippen LogP contribution in [0.4, 0.5) is 26.3 Å². The molecule has 0 amide bonds. The second-order valence-corrected chi connectivity index (χ2v) is 3.93. The lowest BCUT2D eigenvalue weighted by molar-refractivity contribution is -0.274. The molecule has 0 saturated carbocycles. The van der Waals surface area contributed by atoms with Gasteiger partial charge in [0.15, 0.2) is 0 Å². The van der Waals surface area contributed by atoms with Crippen LogP contribution in [0.5, 0.6) is 11.6 Å². The van der Waals surface area contributed by atoms with Crippen LogP contribution in [0.15, 0.2) is 36.5 Å². The van der Waals surface area contributed by atoms with Gasteiger partial charge in [-0.2, -0.15) is 8.78 Å². The van der Waals surface area contributed by atoms with Gasteiger partial charge in [0.05, 0.1) is 11.8 Å². The number of aromatic nitrogens is 1. The Bertz CT molecular complexity index is 659. The third-order valence-corrected chi connectivity index (χ3v) is 2.42. The summed E-state index contributed by atoms with van der Waals surface area (Å²) in [7, 11) is 0. The molecule has 0 aliphatic carbocycles. The van der Waals surface area contributed by atoms with Gasteiger partial charge in [0.1, 0.15) is 11.6 Å². The van der Waals surface area contributed by atoms with Crippen LogP contribution in [-0.4, -0.2) is 18.0 Å². The monoisotopic (exact) mass is 323 g/mol. The Balaban J connectivity index is 2.54. The minimum atomic E-state index is -5.00. The van der Waals surface area contributed by atoms with E-state index in [0.29, 0.717) is 6.20 Å². The van der Waals surface area contributed by atoms with E-state index in [9.17, 15) is 26.3 Å². The predicted octanol–water partition coefficient (Wildman–Crippen LogP) is 4.39. The van der Waals surface area contributed by atoms with E-state index in [1.165, 1.54) is 12.1 Å². The van der Waals surface area contributed by atoms with Crippen molar-refractivity contribution >= 4 is 0 Å². The van der Waals surface area contributed by atoms with Gasteiger partial charge in [0, 0.05) is 5.56 Å². The van der Waals surface area contributed by atoms with Crippen LogP contribution in [-0.2, 0) is 0 Å². The number of hydrogen-bond acceptors (Lipinski definition) is 3. The molecule has 0 aliphatic heterocycles. The van der Waals surface area contributed by atoms with Crippen molar-refractivity contribution in [3.05, 3.63) is 42.3 Å². The minimum Gasteiger partial charge on any atom is -0.416 e. The van der Waals surface area contributed by atoms with Crippen LogP contribution < -0.4 is 9.47 Å². The van der Waals surface area contributed by atoms with E-state index in [-0.39, 0.29) is 11.1 Å². The molecule has 0 N–H and O–H groups in total. The molecule has 0 bridgehead atoms. The van der Waals surface area contributed by atoms with Gasteiger partial charge in [-0.3, -0.25) is 0 Å². The van der Waals surface area contributed by atoms with Gasteiger partial charge in [0.2, 0.25) is 5.88 Å². The third kappa shape index (κ3) is 4.03. The third-order valence-electron chi connectivity index (χ3n) is 2.42. The van der Waals surface area contributed by atoms with Crippen molar-refractivity contribution in [2.24, 2.45) is 0 Å². The van der Waals surface area contributed by atoms with Crippen molar-refractivity contribution in [2.45, 2.75) is 13.0 Å². The number of pyridine rings is 1. The zero-order chi connectivity index (χ0) is 16.3. The zero-order valence-corrected chi connectivity index (χ0v) is 10.6. The molecule has 0 aliphatic rings. The molecular formula is C13H7F6NO2. The summed E-state index contributed by atoms with van der Waals surface area (Å²) in [5.74, 6) is -2.34. The highest BCUT2D eigenvalue weighted by molar-refractivity contribution is 5.74. The summed E-state index contributed by atoms with van der Waals surface area (Å²) in [4.78, 5) is 3.32. The first-order valence-corrected chi connectivity index (χ1v) is 5.72. The average molecular weight is 323 g/mol. The molecule has 2 aromatic rings. The van der Waals surface area contributed by atoms with Crippen molar-refractivity contribution < 1.29 is 35.8 Å². The normalized spacial score (nSPS) is 11.6. The highest BCUT2D eigenvalue weighted by atomic mass is 19.4. The molecule has 0 radical (unpaired) electrons. The van der Waals surface area contributed by atoms with Crippen LogP contribution in [0.3, 0.4) is 0 Å². The molecule has 9 heteroatoms. The first-order valence-electron chi connectivity index (χ1n) is 5.72. The SMILES string of the molecule is Fc1cnc(OC(F)F)c(-c2ccccc2OC(F)(F)F)c1. The highest BCUT2D eigenvalue weighted by Crippen LogP contribution is 2.38. The van der Waals surface area contributed by atoms with Gasteiger partial charge in [-0.1, -0.05) is 18.2 Å². The van der Waals surface area contributed by atoms with Crippen molar-refractivity contribution in [1.82, 2.24) is 4.98 Å². The van der Waals surface area contributed by atoms with E-state index in [0.717, 1.165) is 18.2 Å². The van der Waals surface area contributed by atoms with Gasteiger partial charge in [0.25, 0.3) is 0 Å². The maximum absolute atomic E-state index is 13.3. The zero-order valence-electron chi connectivity index (χ0n) is 10.6. The highest BCUT2D eigenvalue weighted by Gasteiger charge is 2.32. The Hall–Kier alpha value is -2.45. The first kappa shape index (κ1) is 15.9. The van der Waals surface area contributed by atoms with Crippen LogP contribution in [0, 0.1) is 5.82 Å². The van der Waals surface area contributed by atoms with Crippen LogP contribution >= 0.6 is 0 Å². The molecule has 3 nitrogen and oxygen atoms in total. The Morgan fingerprint density at radius 3 is 2.36 bits per heavy atom. The fourth-order valence-corrected chi connectivity index (χ4v) is 1.70. The number of hydrogen-bond donors (Lipinski definition) is 0. The summed E-state index contributed by atoms with van der Waals surface area (Å²) >= 11 is 0. The van der Waals surface area contributed by atoms with Crippen molar-refractivity contribution in [2.75, 3.05) is 0 Å². The van der Waals surface area contributed by atoms with E-state index in [4.69, 9.17) is 0 Å². The number of ether oxygens (including phenoxy) is 2. The summed E-state index contributed by atoms with van der Waals surface area (Å²) in [6.45, 7) is -3.27. The Morgan fingerprint density at radius 2 is 1.73 bits per heavy atom. The minimum absolute atomic E-state index is 0.289. The van der Waals surface area contributed by atoms with Gasteiger partial charge >= 0.3 is 13.0 Å². The van der Waals surface area contributed by atoms with E-state index in [1.54, 1.807) is 0 Å². The van der Waals surface area contributed by atoms with Crippen LogP contribution in [0.2, 0.25) is 0 Å². The summed E-state index contributed by atoms with van der Waals surface area (Å²) in [6, 6.07) is 5.39. The lowest BCUT2D eigenvalue weighted by atomic mass is 10.1. The summed E-state index contributed by atoms with van der Waals surface area (Å²) < 4.78 is 82.9. The molecule has 2 rings (SSSR count). The largest absolute Gasteiger partial charge is 0.573 e. The molecule has 22 heavy (non-hydrogen) atoms. The van der Waals surface area contributed by atoms with Crippen molar-refractivity contribution in [1.29, 1.82) is 0 Å². The van der Waals surface area contributed by atoms with Gasteiger partial charge in [-0.05, 0) is 12.1 Å². The summed E-state index contributed by atoms with van der Waals surface area (Å²) in [6.07, 6.45) is -4.39. The fourth-order valence-electron chi connectivity index (χ4n) is 1.70. The van der Waals surface area contributed by atoms with Gasteiger partial charge in [-0.25, -0.2) is 9.37 Å². The van der Waals surface area contributed by atoms with E-state index in [2.05, 4.69) is 14.5 Å². The summed E-state index contributed by atoms with van der Waals surface area (Å²) in [5, 5.41) is 0. The molecule has 1 aromatic heterocycles. The predicted molar refractivity (Wildman–Crippen MR) is 62.9 cm³/mol. The van der Waals surface area contributed by atoms with E-state index in [1.807, 2.05) is 0 Å². The fraction of sp³-hybridized carbons (Fsp3) is 0.154.